The molecule has 20 heavy (non-hydrogen) atoms. The van der Waals surface area contributed by atoms with Crippen molar-refractivity contribution in [3.05, 3.63) is 29.8 Å². The summed E-state index contributed by atoms with van der Waals surface area (Å²) in [6.07, 6.45) is -4.52. The zero-order valence-electron chi connectivity index (χ0n) is 11.7. The summed E-state index contributed by atoms with van der Waals surface area (Å²) < 4.78 is 39.7. The number of hydrogen-bond donors (Lipinski definition) is 1. The number of alkyl halides is 3. The van der Waals surface area contributed by atoms with Crippen molar-refractivity contribution in [1.29, 1.82) is 0 Å². The van der Waals surface area contributed by atoms with Gasteiger partial charge in [0.05, 0.1) is 6.54 Å². The Labute approximate surface area is 116 Å². The van der Waals surface area contributed by atoms with Gasteiger partial charge in [-0.3, -0.25) is 4.79 Å². The molecule has 0 heterocycles. The van der Waals surface area contributed by atoms with Crippen LogP contribution >= 0.6 is 0 Å². The second-order valence-corrected chi connectivity index (χ2v) is 5.51. The summed E-state index contributed by atoms with van der Waals surface area (Å²) in [5.41, 5.74) is 0.500. The van der Waals surface area contributed by atoms with Crippen LogP contribution in [0.3, 0.4) is 0 Å². The van der Waals surface area contributed by atoms with Gasteiger partial charge in [-0.05, 0) is 38.5 Å². The van der Waals surface area contributed by atoms with Gasteiger partial charge in [0.15, 0.2) is 5.78 Å². The number of benzene rings is 1. The zero-order chi connectivity index (χ0) is 15.4. The number of carbonyl (C=O) groups is 1. The Hall–Kier alpha value is -1.56. The number of halogens is 3. The van der Waals surface area contributed by atoms with Gasteiger partial charge < -0.3 is 10.1 Å². The van der Waals surface area contributed by atoms with Crippen molar-refractivity contribution in [2.75, 3.05) is 6.54 Å². The first-order chi connectivity index (χ1) is 9.05. The lowest BCUT2D eigenvalue weighted by Crippen LogP contribution is -2.39. The molecule has 3 nitrogen and oxygen atoms in total. The highest BCUT2D eigenvalue weighted by Crippen LogP contribution is 2.22. The summed E-state index contributed by atoms with van der Waals surface area (Å²) >= 11 is 0. The summed E-state index contributed by atoms with van der Waals surface area (Å²) in [6, 6.07) is 5.31. The molecule has 0 spiro atoms. The summed E-state index contributed by atoms with van der Waals surface area (Å²) in [4.78, 5) is 11.7. The molecule has 0 saturated heterocycles. The summed E-state index contributed by atoms with van der Waals surface area (Å²) in [7, 11) is 0. The minimum absolute atomic E-state index is 0.0237. The lowest BCUT2D eigenvalue weighted by molar-refractivity contribution is -0.274. The fourth-order valence-corrected chi connectivity index (χ4v) is 1.46. The highest BCUT2D eigenvalue weighted by atomic mass is 19.4. The summed E-state index contributed by atoms with van der Waals surface area (Å²) in [6.45, 7) is 6.07. The predicted molar refractivity (Wildman–Crippen MR) is 69.6 cm³/mol. The first-order valence-electron chi connectivity index (χ1n) is 6.16. The molecule has 0 fully saturated rings. The van der Waals surface area contributed by atoms with Gasteiger partial charge in [-0.2, -0.15) is 0 Å². The number of Topliss-reactive ketones (excluding diaryl/α,β-unsaturated/α-hetero) is 1. The first-order valence-corrected chi connectivity index (χ1v) is 6.16. The second-order valence-electron chi connectivity index (χ2n) is 5.51. The maximum atomic E-state index is 12.0. The second kappa shape index (κ2) is 6.26. The van der Waals surface area contributed by atoms with Gasteiger partial charge in [-0.1, -0.05) is 12.1 Å². The fraction of sp³-hybridized carbons (Fsp3) is 0.500. The Morgan fingerprint density at radius 2 is 1.70 bits per heavy atom. The van der Waals surface area contributed by atoms with Crippen molar-refractivity contribution < 1.29 is 22.7 Å². The number of ether oxygens (including phenoxy) is 1. The van der Waals surface area contributed by atoms with E-state index in [9.17, 15) is 18.0 Å². The molecule has 112 valence electrons. The Bertz CT molecular complexity index is 447. The van der Waals surface area contributed by atoms with Crippen molar-refractivity contribution in [2.45, 2.75) is 39.1 Å². The molecule has 0 aromatic heterocycles. The molecule has 0 amide bonds. The van der Waals surface area contributed by atoms with E-state index >= 15 is 0 Å². The van der Waals surface area contributed by atoms with Gasteiger partial charge in [0.25, 0.3) is 0 Å². The van der Waals surface area contributed by atoms with E-state index in [-0.39, 0.29) is 30.0 Å². The van der Waals surface area contributed by atoms with Crippen LogP contribution in [0.5, 0.6) is 5.75 Å². The molecule has 0 saturated carbocycles. The number of nitrogens with one attached hydrogen (secondary N) is 1. The molecule has 0 aliphatic heterocycles. The van der Waals surface area contributed by atoms with E-state index in [2.05, 4.69) is 10.1 Å². The van der Waals surface area contributed by atoms with Crippen LogP contribution in [0.1, 0.15) is 26.3 Å². The fourth-order valence-electron chi connectivity index (χ4n) is 1.46. The maximum absolute atomic E-state index is 12.0. The highest BCUT2D eigenvalue weighted by Gasteiger charge is 2.30. The Kier molecular flexibility index (Phi) is 5.16. The van der Waals surface area contributed by atoms with E-state index in [1.165, 1.54) is 24.3 Å². The zero-order valence-corrected chi connectivity index (χ0v) is 11.7. The van der Waals surface area contributed by atoms with Crippen LogP contribution in [-0.2, 0) is 11.2 Å². The number of hydrogen-bond acceptors (Lipinski definition) is 3. The smallest absolute Gasteiger partial charge is 0.406 e. The van der Waals surface area contributed by atoms with Crippen molar-refractivity contribution in [3.63, 3.8) is 0 Å². The SMILES string of the molecule is CC(C)(C)NCC(=O)Cc1ccc(OC(F)(F)F)cc1. The van der Waals surface area contributed by atoms with Crippen LogP contribution in [-0.4, -0.2) is 24.2 Å². The minimum atomic E-state index is -4.70. The predicted octanol–water partition coefficient (Wildman–Crippen LogP) is 3.08. The number of ketones is 1. The van der Waals surface area contributed by atoms with E-state index in [1.807, 2.05) is 20.8 Å². The standard InChI is InChI=1S/C14H18F3NO2/c1-13(2,3)18-9-11(19)8-10-4-6-12(7-5-10)20-14(15,16)17/h4-7,18H,8-9H2,1-3H3. The molecule has 1 aromatic carbocycles. The molecule has 0 radical (unpaired) electrons. The van der Waals surface area contributed by atoms with Gasteiger partial charge in [0.2, 0.25) is 0 Å². The van der Waals surface area contributed by atoms with Gasteiger partial charge >= 0.3 is 6.36 Å². The van der Waals surface area contributed by atoms with E-state index in [0.29, 0.717) is 5.56 Å². The van der Waals surface area contributed by atoms with E-state index < -0.39 is 6.36 Å². The number of carbonyl (C=O) groups excluding carboxylic acids is 1. The molecule has 0 aliphatic carbocycles. The van der Waals surface area contributed by atoms with Gasteiger partial charge in [-0.25, -0.2) is 0 Å². The summed E-state index contributed by atoms with van der Waals surface area (Å²) in [5, 5.41) is 3.06. The summed E-state index contributed by atoms with van der Waals surface area (Å²) in [5.74, 6) is -0.314. The Morgan fingerprint density at radius 3 is 2.15 bits per heavy atom. The van der Waals surface area contributed by atoms with Crippen molar-refractivity contribution in [1.82, 2.24) is 5.32 Å². The van der Waals surface area contributed by atoms with Crippen LogP contribution in [0.25, 0.3) is 0 Å². The minimum Gasteiger partial charge on any atom is -0.406 e. The highest BCUT2D eigenvalue weighted by molar-refractivity contribution is 5.82. The molecular weight excluding hydrogens is 271 g/mol. The van der Waals surface area contributed by atoms with E-state index in [4.69, 9.17) is 0 Å². The molecule has 1 aromatic rings. The lowest BCUT2D eigenvalue weighted by atomic mass is 10.1. The third-order valence-corrected chi connectivity index (χ3v) is 2.37. The maximum Gasteiger partial charge on any atom is 0.573 e. The quantitative estimate of drug-likeness (QED) is 0.905. The van der Waals surface area contributed by atoms with Crippen LogP contribution in [0.15, 0.2) is 24.3 Å². The average molecular weight is 289 g/mol. The van der Waals surface area contributed by atoms with Gasteiger partial charge in [-0.15, -0.1) is 13.2 Å². The molecular formula is C14H18F3NO2. The number of rotatable bonds is 5. The van der Waals surface area contributed by atoms with Crippen LogP contribution in [0.4, 0.5) is 13.2 Å². The molecule has 1 rings (SSSR count). The van der Waals surface area contributed by atoms with Crippen LogP contribution in [0, 0.1) is 0 Å². The third kappa shape index (κ3) is 7.13. The molecule has 1 N–H and O–H groups in total. The molecule has 6 heteroatoms. The lowest BCUT2D eigenvalue weighted by Gasteiger charge is -2.19. The third-order valence-electron chi connectivity index (χ3n) is 2.37. The van der Waals surface area contributed by atoms with E-state index in [0.717, 1.165) is 0 Å². The molecule has 0 atom stereocenters. The topological polar surface area (TPSA) is 38.3 Å². The van der Waals surface area contributed by atoms with Crippen molar-refractivity contribution in [3.8, 4) is 5.75 Å². The van der Waals surface area contributed by atoms with Gasteiger partial charge in [0, 0.05) is 12.0 Å². The van der Waals surface area contributed by atoms with Crippen LogP contribution < -0.4 is 10.1 Å². The van der Waals surface area contributed by atoms with Crippen molar-refractivity contribution >= 4 is 5.78 Å². The van der Waals surface area contributed by atoms with Gasteiger partial charge in [0.1, 0.15) is 5.75 Å². The van der Waals surface area contributed by atoms with Crippen LogP contribution in [0.2, 0.25) is 0 Å². The molecule has 0 aliphatic rings. The Balaban J connectivity index is 2.51. The first kappa shape index (κ1) is 16.5. The van der Waals surface area contributed by atoms with E-state index in [1.54, 1.807) is 0 Å². The normalized spacial score (nSPS) is 12.3. The average Bonchev–Trinajstić information content (AvgIpc) is 2.26. The molecule has 0 unspecified atom stereocenters. The monoisotopic (exact) mass is 289 g/mol. The Morgan fingerprint density at radius 1 is 1.15 bits per heavy atom. The largest absolute Gasteiger partial charge is 0.573 e. The van der Waals surface area contributed by atoms with Crippen molar-refractivity contribution in [2.24, 2.45) is 0 Å². The molecule has 0 bridgehead atoms.